The van der Waals surface area contributed by atoms with Gasteiger partial charge in [0.25, 0.3) is 0 Å². The Labute approximate surface area is 128 Å². The quantitative estimate of drug-likeness (QED) is 0.610. The Morgan fingerprint density at radius 3 is 2.76 bits per heavy atom. The number of aromatic nitrogens is 2. The number of benzene rings is 1. The molecule has 1 aliphatic rings. The van der Waals surface area contributed by atoms with Gasteiger partial charge in [-0.1, -0.05) is 42.6 Å². The molecule has 0 spiro atoms. The summed E-state index contributed by atoms with van der Waals surface area (Å²) in [7, 11) is 0. The molecule has 2 heterocycles. The van der Waals surface area contributed by atoms with Gasteiger partial charge < -0.3 is 4.42 Å². The minimum Gasteiger partial charge on any atom is -0.464 e. The van der Waals surface area contributed by atoms with Gasteiger partial charge in [0.1, 0.15) is 17.0 Å². The van der Waals surface area contributed by atoms with Crippen LogP contribution in [0.4, 0.5) is 0 Å². The first-order valence-electron chi connectivity index (χ1n) is 7.32. The molecule has 4 rings (SSSR count). The molecule has 3 nitrogen and oxygen atoms in total. The molecule has 1 aliphatic carbocycles. The van der Waals surface area contributed by atoms with Crippen LogP contribution in [0, 0.1) is 0 Å². The van der Waals surface area contributed by atoms with Gasteiger partial charge in [-0.15, -0.1) is 0 Å². The van der Waals surface area contributed by atoms with Crippen molar-refractivity contribution in [2.75, 3.05) is 0 Å². The Hall–Kier alpha value is -1.87. The molecular formula is C17H15ClN2O. The Bertz CT molecular complexity index is 790. The molecule has 0 aliphatic heterocycles. The summed E-state index contributed by atoms with van der Waals surface area (Å²) in [4.78, 5) is 9.14. The third-order valence-corrected chi connectivity index (χ3v) is 4.40. The van der Waals surface area contributed by atoms with E-state index in [1.807, 2.05) is 30.3 Å². The van der Waals surface area contributed by atoms with Crippen LogP contribution in [0.3, 0.4) is 0 Å². The van der Waals surface area contributed by atoms with Gasteiger partial charge in [-0.05, 0) is 25.0 Å². The summed E-state index contributed by atoms with van der Waals surface area (Å²) in [5.74, 6) is 1.18. The van der Waals surface area contributed by atoms with Crippen molar-refractivity contribution < 1.29 is 4.42 Å². The highest BCUT2D eigenvalue weighted by Crippen LogP contribution is 2.35. The molecule has 21 heavy (non-hydrogen) atoms. The zero-order valence-electron chi connectivity index (χ0n) is 11.6. The van der Waals surface area contributed by atoms with Crippen molar-refractivity contribution >= 4 is 22.6 Å². The van der Waals surface area contributed by atoms with Crippen LogP contribution in [0.15, 0.2) is 41.0 Å². The van der Waals surface area contributed by atoms with Crippen molar-refractivity contribution in [1.29, 1.82) is 0 Å². The van der Waals surface area contributed by atoms with E-state index in [0.29, 0.717) is 16.9 Å². The smallest absolute Gasteiger partial charge is 0.164 e. The molecule has 0 atom stereocenters. The zero-order valence-corrected chi connectivity index (χ0v) is 12.3. The second-order valence-corrected chi connectivity index (χ2v) is 5.95. The highest BCUT2D eigenvalue weighted by Gasteiger charge is 2.21. The number of nitrogens with zero attached hydrogens (tertiary/aromatic N) is 2. The molecule has 2 aromatic heterocycles. The summed E-state index contributed by atoms with van der Waals surface area (Å²) in [5, 5.41) is 1.53. The van der Waals surface area contributed by atoms with E-state index in [4.69, 9.17) is 21.0 Å². The van der Waals surface area contributed by atoms with Gasteiger partial charge >= 0.3 is 0 Å². The third-order valence-electron chi connectivity index (χ3n) is 4.21. The molecule has 0 N–H and O–H groups in total. The van der Waals surface area contributed by atoms with Crippen molar-refractivity contribution in [3.8, 4) is 11.4 Å². The molecule has 1 aromatic carbocycles. The van der Waals surface area contributed by atoms with Crippen LogP contribution in [0.1, 0.15) is 37.3 Å². The van der Waals surface area contributed by atoms with E-state index in [2.05, 4.69) is 4.98 Å². The number of rotatable bonds is 2. The van der Waals surface area contributed by atoms with Crippen LogP contribution >= 0.6 is 11.6 Å². The number of hydrogen-bond acceptors (Lipinski definition) is 3. The highest BCUT2D eigenvalue weighted by atomic mass is 35.5. The van der Waals surface area contributed by atoms with Crippen LogP contribution in [0.2, 0.25) is 5.15 Å². The minimum atomic E-state index is 0.507. The predicted molar refractivity (Wildman–Crippen MR) is 83.5 cm³/mol. The topological polar surface area (TPSA) is 38.9 Å². The van der Waals surface area contributed by atoms with Gasteiger partial charge in [0.2, 0.25) is 0 Å². The summed E-state index contributed by atoms with van der Waals surface area (Å²) in [6.45, 7) is 0. The average molecular weight is 299 g/mol. The lowest BCUT2D eigenvalue weighted by atomic mass is 10.0. The predicted octanol–water partition coefficient (Wildman–Crippen LogP) is 5.20. The van der Waals surface area contributed by atoms with Crippen molar-refractivity contribution in [2.24, 2.45) is 0 Å². The lowest BCUT2D eigenvalue weighted by Crippen LogP contribution is -2.00. The molecule has 0 saturated heterocycles. The van der Waals surface area contributed by atoms with Crippen molar-refractivity contribution in [3.05, 3.63) is 47.4 Å². The fourth-order valence-corrected chi connectivity index (χ4v) is 3.33. The van der Waals surface area contributed by atoms with Gasteiger partial charge in [0, 0.05) is 17.0 Å². The molecule has 3 aromatic rings. The highest BCUT2D eigenvalue weighted by molar-refractivity contribution is 6.29. The minimum absolute atomic E-state index is 0.507. The summed E-state index contributed by atoms with van der Waals surface area (Å²) >= 11 is 6.21. The maximum atomic E-state index is 6.21. The molecule has 1 saturated carbocycles. The first kappa shape index (κ1) is 12.8. The molecule has 0 unspecified atom stereocenters. The number of halogens is 1. The summed E-state index contributed by atoms with van der Waals surface area (Å²) in [5.41, 5.74) is 2.82. The zero-order chi connectivity index (χ0) is 14.2. The van der Waals surface area contributed by atoms with E-state index >= 15 is 0 Å². The second-order valence-electron chi connectivity index (χ2n) is 5.57. The number of furan rings is 1. The number of fused-ring (bicyclic) bond motifs is 1. The van der Waals surface area contributed by atoms with Crippen LogP contribution in [0.5, 0.6) is 0 Å². The third kappa shape index (κ3) is 2.32. The van der Waals surface area contributed by atoms with Crippen LogP contribution < -0.4 is 0 Å². The Kier molecular flexibility index (Phi) is 3.15. The van der Waals surface area contributed by atoms with Gasteiger partial charge in [-0.3, -0.25) is 0 Å². The standard InChI is InChI=1S/C17H15ClN2O/c18-16-9-14(11-5-1-2-6-11)19-17(20-16)13-10-21-15-8-4-3-7-12(13)15/h3-4,7-11H,1-2,5-6H2. The largest absolute Gasteiger partial charge is 0.464 e. The Balaban J connectivity index is 1.84. The van der Waals surface area contributed by atoms with E-state index in [1.165, 1.54) is 25.7 Å². The summed E-state index contributed by atoms with van der Waals surface area (Å²) in [6, 6.07) is 9.82. The molecule has 0 radical (unpaired) electrons. The van der Waals surface area contributed by atoms with Crippen molar-refractivity contribution in [2.45, 2.75) is 31.6 Å². The van der Waals surface area contributed by atoms with Crippen molar-refractivity contribution in [3.63, 3.8) is 0 Å². The number of hydrogen-bond donors (Lipinski definition) is 0. The van der Waals surface area contributed by atoms with E-state index in [-0.39, 0.29) is 0 Å². The molecule has 0 bridgehead atoms. The van der Waals surface area contributed by atoms with Crippen LogP contribution in [-0.4, -0.2) is 9.97 Å². The molecule has 0 amide bonds. The Morgan fingerprint density at radius 1 is 1.10 bits per heavy atom. The fourth-order valence-electron chi connectivity index (χ4n) is 3.14. The monoisotopic (exact) mass is 298 g/mol. The van der Waals surface area contributed by atoms with E-state index in [0.717, 1.165) is 22.2 Å². The van der Waals surface area contributed by atoms with E-state index in [1.54, 1.807) is 6.26 Å². The maximum absolute atomic E-state index is 6.21. The van der Waals surface area contributed by atoms with Gasteiger partial charge in [0.15, 0.2) is 5.82 Å². The molecule has 106 valence electrons. The fraction of sp³-hybridized carbons (Fsp3) is 0.294. The SMILES string of the molecule is Clc1cc(C2CCCC2)nc(-c2coc3ccccc23)n1. The Morgan fingerprint density at radius 2 is 1.90 bits per heavy atom. The lowest BCUT2D eigenvalue weighted by molar-refractivity contribution is 0.616. The average Bonchev–Trinajstić information content (AvgIpc) is 3.16. The summed E-state index contributed by atoms with van der Waals surface area (Å²) < 4.78 is 5.59. The second kappa shape index (κ2) is 5.15. The normalized spacial score (nSPS) is 15.9. The molecule has 1 fully saturated rings. The first-order chi connectivity index (χ1) is 10.3. The molecular weight excluding hydrogens is 284 g/mol. The van der Waals surface area contributed by atoms with Gasteiger partial charge in [-0.2, -0.15) is 0 Å². The molecule has 4 heteroatoms. The maximum Gasteiger partial charge on any atom is 0.164 e. The summed E-state index contributed by atoms with van der Waals surface area (Å²) in [6.07, 6.45) is 6.65. The lowest BCUT2D eigenvalue weighted by Gasteiger charge is -2.10. The van der Waals surface area contributed by atoms with E-state index in [9.17, 15) is 0 Å². The van der Waals surface area contributed by atoms with Gasteiger partial charge in [0.05, 0.1) is 5.56 Å². The van der Waals surface area contributed by atoms with Gasteiger partial charge in [-0.25, -0.2) is 9.97 Å². The van der Waals surface area contributed by atoms with Crippen LogP contribution in [-0.2, 0) is 0 Å². The van der Waals surface area contributed by atoms with E-state index < -0.39 is 0 Å². The van der Waals surface area contributed by atoms with Crippen LogP contribution in [0.25, 0.3) is 22.4 Å². The number of para-hydroxylation sites is 1. The first-order valence-corrected chi connectivity index (χ1v) is 7.70. The van der Waals surface area contributed by atoms with Crippen molar-refractivity contribution in [1.82, 2.24) is 9.97 Å².